The molecule has 0 aliphatic carbocycles. The number of nitrogens with zero attached hydrogens (tertiary/aromatic N) is 6. The van der Waals surface area contributed by atoms with Crippen LogP contribution in [0.4, 0.5) is 22.7 Å². The van der Waals surface area contributed by atoms with Gasteiger partial charge in [0.2, 0.25) is 11.4 Å². The zero-order valence-electron chi connectivity index (χ0n) is 88.9. The molecule has 0 radical (unpaired) electrons. The van der Waals surface area contributed by atoms with Gasteiger partial charge in [0.05, 0.1) is 179 Å². The molecule has 149 heavy (non-hydrogen) atoms. The minimum atomic E-state index is -4.82. The second-order valence-electron chi connectivity index (χ2n) is 36.6. The molecule has 6 aliphatic rings. The Labute approximate surface area is 901 Å². The van der Waals surface area contributed by atoms with E-state index in [4.69, 9.17) is 85.5 Å². The Morgan fingerprint density at radius 2 is 0.671 bits per heavy atom. The summed E-state index contributed by atoms with van der Waals surface area (Å²) in [6.07, 6.45) is 34.6. The molecule has 4 unspecified atom stereocenters. The van der Waals surface area contributed by atoms with E-state index in [1.807, 2.05) is 63.3 Å². The van der Waals surface area contributed by atoms with Crippen molar-refractivity contribution < 1.29 is 179 Å². The number of hydrogen-bond donors (Lipinski definition) is 1. The number of para-hydroxylation sites is 2. The maximum Gasteiger partial charge on any atom is 1.00 e. The number of anilines is 2. The number of ether oxygens (including phenoxy) is 16. The third-order valence-corrected chi connectivity index (χ3v) is 28.1. The molecule has 816 valence electrons. The summed E-state index contributed by atoms with van der Waals surface area (Å²) >= 11 is 0. The summed E-state index contributed by atoms with van der Waals surface area (Å²) in [6, 6.07) is 26.2. The van der Waals surface area contributed by atoms with Crippen LogP contribution in [0, 0.1) is 0 Å². The Bertz CT molecular complexity index is 5440. The van der Waals surface area contributed by atoms with Gasteiger partial charge in [-0.15, -0.1) is 10.1 Å². The molecule has 0 saturated carbocycles. The van der Waals surface area contributed by atoms with Gasteiger partial charge in [0.15, 0.2) is 11.4 Å². The first-order valence-electron chi connectivity index (χ1n) is 51.3. The Morgan fingerprint density at radius 3 is 1.05 bits per heavy atom. The molecule has 0 spiro atoms. The van der Waals surface area contributed by atoms with Crippen molar-refractivity contribution in [3.05, 3.63) is 204 Å². The van der Waals surface area contributed by atoms with Crippen molar-refractivity contribution in [2.24, 2.45) is 0 Å². The van der Waals surface area contributed by atoms with E-state index in [2.05, 4.69) is 131 Å². The SMILES string of the molecule is CCN1C(=CC=CC=CC=CC2=[N+](CCCCCC(=O)ON3C(=O)CCC3=O)c3ccc(S(=O)(=O)[O-])cc3C2(C)CCOCCOCCOCCOC)C(C)(CCOCCOCCOCCOC)c2cc(S(=O)(=O)O)ccc21.CCN1C(=CC=CC=CC=CC2=[N+](CCCCCC(=O)ON3C(=O)CCC3=O)c3ccccc3C2(C)CCOCCOCCOCCOC)C(C)(CCOCCOCCOCCOC)c2ccccc21.[Na+]. The first kappa shape index (κ1) is 125. The van der Waals surface area contributed by atoms with E-state index in [0.29, 0.717) is 251 Å². The smallest absolute Gasteiger partial charge is 0.744 e. The van der Waals surface area contributed by atoms with E-state index in [0.717, 1.165) is 67.1 Å². The number of carbonyl (C=O) groups excluding carboxylic acids is 6. The molecule has 1 N–H and O–H groups in total. The molecule has 4 atom stereocenters. The van der Waals surface area contributed by atoms with E-state index in [9.17, 15) is 54.7 Å². The number of benzene rings is 4. The fourth-order valence-electron chi connectivity index (χ4n) is 18.5. The van der Waals surface area contributed by atoms with Gasteiger partial charge in [-0.2, -0.15) is 17.6 Å². The van der Waals surface area contributed by atoms with Crippen molar-refractivity contribution >= 4 is 90.0 Å². The quantitative estimate of drug-likeness (QED) is 0.0107. The molecule has 6 heterocycles. The molecule has 4 aromatic carbocycles. The number of hydroxylamine groups is 4. The summed E-state index contributed by atoms with van der Waals surface area (Å²) < 4.78 is 165. The molecular formula is C110H155N6NaO30S2+2. The van der Waals surface area contributed by atoms with Gasteiger partial charge >= 0.3 is 41.5 Å². The van der Waals surface area contributed by atoms with E-state index in [1.54, 1.807) is 40.6 Å². The Morgan fingerprint density at radius 1 is 0.362 bits per heavy atom. The van der Waals surface area contributed by atoms with Crippen LogP contribution in [0.2, 0.25) is 0 Å². The number of amides is 4. The summed E-state index contributed by atoms with van der Waals surface area (Å²) in [4.78, 5) is 86.9. The Hall–Kier alpha value is -8.86. The number of carbonyl (C=O) groups is 6. The van der Waals surface area contributed by atoms with Gasteiger partial charge in [-0.05, 0) is 153 Å². The molecular weight excluding hydrogens is 1970 g/mol. The van der Waals surface area contributed by atoms with E-state index in [1.165, 1.54) is 52.5 Å². The molecule has 0 bridgehead atoms. The van der Waals surface area contributed by atoms with Gasteiger partial charge in [-0.1, -0.05) is 97.2 Å². The van der Waals surface area contributed by atoms with Crippen LogP contribution in [0.5, 0.6) is 0 Å². The van der Waals surface area contributed by atoms with Crippen molar-refractivity contribution in [3.8, 4) is 0 Å². The molecule has 10 rings (SSSR count). The second-order valence-corrected chi connectivity index (χ2v) is 39.4. The van der Waals surface area contributed by atoms with Crippen molar-refractivity contribution in [2.45, 2.75) is 176 Å². The molecule has 6 aliphatic heterocycles. The minimum Gasteiger partial charge on any atom is -0.744 e. The van der Waals surface area contributed by atoms with Crippen LogP contribution in [-0.2, 0) is 156 Å². The zero-order chi connectivity index (χ0) is 106. The van der Waals surface area contributed by atoms with Crippen molar-refractivity contribution in [2.75, 3.05) is 249 Å². The van der Waals surface area contributed by atoms with Gasteiger partial charge in [0.1, 0.15) is 23.2 Å². The van der Waals surface area contributed by atoms with Gasteiger partial charge in [0.25, 0.3) is 33.7 Å². The van der Waals surface area contributed by atoms with E-state index >= 15 is 0 Å². The number of imide groups is 2. The maximum atomic E-state index is 12.6. The topological polar surface area (TPSA) is 399 Å². The summed E-state index contributed by atoms with van der Waals surface area (Å²) in [6.45, 7) is 28.4. The summed E-state index contributed by atoms with van der Waals surface area (Å²) in [5, 5.41) is 1.15. The summed E-state index contributed by atoms with van der Waals surface area (Å²) in [5.41, 5.74) is 9.84. The molecule has 4 amide bonds. The number of unbranched alkanes of at least 4 members (excludes halogenated alkanes) is 4. The van der Waals surface area contributed by atoms with Crippen LogP contribution in [0.3, 0.4) is 0 Å². The first-order chi connectivity index (χ1) is 71.6. The average molecular weight is 2130 g/mol. The number of rotatable bonds is 74. The fourth-order valence-corrected chi connectivity index (χ4v) is 19.5. The number of allylic oxidation sites excluding steroid dienone is 16. The predicted octanol–water partition coefficient (Wildman–Crippen LogP) is 10.6. The van der Waals surface area contributed by atoms with Crippen LogP contribution in [0.15, 0.2) is 191 Å². The molecule has 39 heteroatoms. The monoisotopic (exact) mass is 2130 g/mol. The molecule has 2 saturated heterocycles. The molecule has 2 fully saturated rings. The minimum absolute atomic E-state index is 0. The van der Waals surface area contributed by atoms with Crippen LogP contribution < -0.4 is 39.4 Å². The third kappa shape index (κ3) is 38.4. The normalized spacial score (nSPS) is 19.3. The standard InChI is InChI=1S/C55H77N3O18S2.C55H78N3O12.Na/c1-6-56-47-20-18-43(77(62,63)64)41-45(47)54(2,24-27-70-33-35-74-39-37-72-31-29-68-4)49(56)15-11-8-7-9-12-16-50-55(3,25-28-71-34-36-75-40-38-73-32-30-69-5)46-42-44(78(65,66)67)19-21-48(46)57(50)26-14-10-13-17-53(61)76-58-51(59)22-23-52(58)60;1-6-56-47-21-16-14-19-45(47)54(2,28-31-64-37-39-68-43-41-66-35-33-62-4)49(56)23-11-8-7-9-12-24-50-55(3,29-32-65-38-40-69-44-42-67-36-34-63-5)46-20-15-17-22-48(46)57(50)30-18-10-13-25-53(61)70-58-51(59)26-27-52(58)60;/h7-9,11-12,15-16,18-21,41-42H,6,10,13-14,17,22-40H2,1-5H3,(H-,62,63,64,65,66,67);7-9,11-12,14-17,19-24H,6,10,13,18,25-44H2,1-5H3;/q;2*+1. The van der Waals surface area contributed by atoms with Crippen molar-refractivity contribution in [3.63, 3.8) is 0 Å². The second kappa shape index (κ2) is 67.0. The number of likely N-dealkylation sites (N-methyl/N-ethyl adjacent to an activating group) is 2. The van der Waals surface area contributed by atoms with E-state index in [-0.39, 0.29) is 95.3 Å². The van der Waals surface area contributed by atoms with E-state index < -0.39 is 66.6 Å². The summed E-state index contributed by atoms with van der Waals surface area (Å²) in [7, 11) is -2.79. The number of hydrogen-bond acceptors (Lipinski definition) is 31. The molecule has 36 nitrogen and oxygen atoms in total. The van der Waals surface area contributed by atoms with Crippen molar-refractivity contribution in [1.29, 1.82) is 0 Å². The van der Waals surface area contributed by atoms with Gasteiger partial charge in [-0.25, -0.2) is 18.0 Å². The Balaban J connectivity index is 0.000000363. The largest absolute Gasteiger partial charge is 1.00 e. The van der Waals surface area contributed by atoms with Gasteiger partial charge in [0, 0.05) is 188 Å². The predicted molar refractivity (Wildman–Crippen MR) is 557 cm³/mol. The van der Waals surface area contributed by atoms with Gasteiger partial charge in [-0.3, -0.25) is 23.7 Å². The molecule has 0 aromatic heterocycles. The van der Waals surface area contributed by atoms with Gasteiger partial charge < -0.3 is 99.8 Å². The number of methoxy groups -OCH3 is 4. The average Bonchev–Trinajstić information content (AvgIpc) is 1.50. The first-order valence-corrected chi connectivity index (χ1v) is 54.2. The summed E-state index contributed by atoms with van der Waals surface area (Å²) in [5.74, 6) is -3.30. The van der Waals surface area contributed by atoms with Crippen molar-refractivity contribution in [1.82, 2.24) is 10.1 Å². The van der Waals surface area contributed by atoms with Crippen LogP contribution in [0.25, 0.3) is 0 Å². The Kier molecular flexibility index (Phi) is 56.3. The maximum absolute atomic E-state index is 12.6. The zero-order valence-corrected chi connectivity index (χ0v) is 92.5. The number of fused-ring (bicyclic) bond motifs is 4. The molecule has 4 aromatic rings. The van der Waals surface area contributed by atoms with Crippen LogP contribution >= 0.6 is 0 Å². The fraction of sp³-hybridized carbons (Fsp3) is 0.564. The third-order valence-electron chi connectivity index (χ3n) is 26.4. The van der Waals surface area contributed by atoms with Crippen LogP contribution in [0.1, 0.15) is 167 Å². The van der Waals surface area contributed by atoms with Crippen LogP contribution in [-0.4, -0.2) is 332 Å².